The van der Waals surface area contributed by atoms with E-state index in [1.165, 1.54) is 5.56 Å². The van der Waals surface area contributed by atoms with Crippen LogP contribution in [0.4, 0.5) is 5.82 Å². The van der Waals surface area contributed by atoms with Crippen LogP contribution < -0.4 is 4.90 Å². The molecule has 2 aromatic rings. The minimum Gasteiger partial charge on any atom is -0.354 e. The number of nitrogens with zero attached hydrogens (tertiary/aromatic N) is 3. The minimum absolute atomic E-state index is 0.700. The zero-order chi connectivity index (χ0) is 13.2. The summed E-state index contributed by atoms with van der Waals surface area (Å²) in [7, 11) is 0. The van der Waals surface area contributed by atoms with Crippen LogP contribution in [0, 0.1) is 6.92 Å². The number of hydrogen-bond acceptors (Lipinski definition) is 4. The highest BCUT2D eigenvalue weighted by molar-refractivity contribution is 6.18. The summed E-state index contributed by atoms with van der Waals surface area (Å²) in [6, 6.07) is 6.19. The normalized spacial score (nSPS) is 17.3. The Balaban J connectivity index is 1.80. The fourth-order valence-corrected chi connectivity index (χ4v) is 2.81. The van der Waals surface area contributed by atoms with Gasteiger partial charge in [0.1, 0.15) is 0 Å². The highest BCUT2D eigenvalue weighted by Gasteiger charge is 2.21. The van der Waals surface area contributed by atoms with Gasteiger partial charge in [0.25, 0.3) is 0 Å². The lowest BCUT2D eigenvalue weighted by atomic mass is 10.1. The molecule has 102 valence electrons. The number of rotatable bonds is 3. The summed E-state index contributed by atoms with van der Waals surface area (Å²) >= 11 is 5.78. The molecule has 5 heteroatoms. The molecule has 3 rings (SSSR count). The molecule has 0 bridgehead atoms. The van der Waals surface area contributed by atoms with Crippen LogP contribution in [0.2, 0.25) is 0 Å². The van der Waals surface area contributed by atoms with Gasteiger partial charge in [0.05, 0.1) is 5.39 Å². The van der Waals surface area contributed by atoms with Crippen molar-refractivity contribution in [1.29, 1.82) is 0 Å². The van der Waals surface area contributed by atoms with Gasteiger partial charge in [-0.25, -0.2) is 0 Å². The van der Waals surface area contributed by atoms with Crippen molar-refractivity contribution in [3.63, 3.8) is 0 Å². The maximum Gasteiger partial charge on any atom is 0.180 e. The van der Waals surface area contributed by atoms with E-state index < -0.39 is 0 Å². The molecular weight excluding hydrogens is 262 g/mol. The number of aryl methyl sites for hydroxylation is 1. The molecule has 4 nitrogen and oxygen atoms in total. The molecule has 0 radical (unpaired) electrons. The second kappa shape index (κ2) is 5.39. The van der Waals surface area contributed by atoms with Crippen molar-refractivity contribution in [3.05, 3.63) is 23.8 Å². The Kier molecular flexibility index (Phi) is 3.62. The molecular formula is C14H18ClN3O. The van der Waals surface area contributed by atoms with Crippen molar-refractivity contribution >= 4 is 28.4 Å². The van der Waals surface area contributed by atoms with Crippen LogP contribution in [0.1, 0.15) is 5.56 Å². The van der Waals surface area contributed by atoms with Gasteiger partial charge in [-0.2, -0.15) is 0 Å². The first-order chi connectivity index (χ1) is 9.28. The van der Waals surface area contributed by atoms with E-state index >= 15 is 0 Å². The van der Waals surface area contributed by atoms with E-state index in [1.807, 2.05) is 6.07 Å². The SMILES string of the molecule is Cc1ccc2onc(N3CCN(CCCl)CC3)c2c1. The van der Waals surface area contributed by atoms with Gasteiger partial charge in [-0.3, -0.25) is 4.90 Å². The third kappa shape index (κ3) is 2.55. The van der Waals surface area contributed by atoms with E-state index in [0.29, 0.717) is 5.88 Å². The predicted molar refractivity (Wildman–Crippen MR) is 78.1 cm³/mol. The number of alkyl halides is 1. The Hall–Kier alpha value is -1.26. The van der Waals surface area contributed by atoms with Gasteiger partial charge >= 0.3 is 0 Å². The fourth-order valence-electron chi connectivity index (χ4n) is 2.57. The third-order valence-corrected chi connectivity index (χ3v) is 3.85. The number of hydrogen-bond donors (Lipinski definition) is 0. The van der Waals surface area contributed by atoms with Crippen LogP contribution in [0.5, 0.6) is 0 Å². The Labute approximate surface area is 117 Å². The molecule has 0 unspecified atom stereocenters. The van der Waals surface area contributed by atoms with Crippen LogP contribution >= 0.6 is 11.6 Å². The quantitative estimate of drug-likeness (QED) is 0.808. The number of fused-ring (bicyclic) bond motifs is 1. The Morgan fingerprint density at radius 2 is 2.05 bits per heavy atom. The van der Waals surface area contributed by atoms with Gasteiger partial charge < -0.3 is 9.42 Å². The first-order valence-electron chi connectivity index (χ1n) is 6.67. The number of aromatic nitrogens is 1. The lowest BCUT2D eigenvalue weighted by Gasteiger charge is -2.34. The molecule has 0 atom stereocenters. The molecule has 1 aliphatic heterocycles. The van der Waals surface area contributed by atoms with Gasteiger partial charge in [0, 0.05) is 38.6 Å². The Bertz CT molecular complexity index is 561. The van der Waals surface area contributed by atoms with Gasteiger partial charge in [-0.1, -0.05) is 16.8 Å². The van der Waals surface area contributed by atoms with Crippen molar-refractivity contribution in [2.24, 2.45) is 0 Å². The molecule has 0 amide bonds. The zero-order valence-electron chi connectivity index (χ0n) is 11.1. The number of benzene rings is 1. The molecule has 1 fully saturated rings. The molecule has 1 aromatic carbocycles. The standard InChI is InChI=1S/C14H18ClN3O/c1-11-2-3-13-12(10-11)14(16-19-13)18-8-6-17(5-4-15)7-9-18/h2-3,10H,4-9H2,1H3. The molecule has 2 heterocycles. The molecule has 0 N–H and O–H groups in total. The second-order valence-electron chi connectivity index (χ2n) is 5.02. The maximum atomic E-state index is 5.78. The Morgan fingerprint density at radius 3 is 2.79 bits per heavy atom. The zero-order valence-corrected chi connectivity index (χ0v) is 11.9. The molecule has 0 aliphatic carbocycles. The van der Waals surface area contributed by atoms with E-state index in [-0.39, 0.29) is 0 Å². The average molecular weight is 280 g/mol. The molecule has 1 saturated heterocycles. The first kappa shape index (κ1) is 12.8. The predicted octanol–water partition coefficient (Wildman–Crippen LogP) is 2.50. The van der Waals surface area contributed by atoms with Crippen molar-refractivity contribution in [2.75, 3.05) is 43.5 Å². The largest absolute Gasteiger partial charge is 0.354 e. The topological polar surface area (TPSA) is 32.5 Å². The van der Waals surface area contributed by atoms with Crippen LogP contribution in [0.25, 0.3) is 11.0 Å². The first-order valence-corrected chi connectivity index (χ1v) is 7.20. The monoisotopic (exact) mass is 279 g/mol. The van der Waals surface area contributed by atoms with Crippen LogP contribution in [-0.2, 0) is 0 Å². The van der Waals surface area contributed by atoms with Gasteiger partial charge in [-0.05, 0) is 19.1 Å². The van der Waals surface area contributed by atoms with E-state index in [0.717, 1.165) is 49.5 Å². The van der Waals surface area contributed by atoms with Gasteiger partial charge in [0.15, 0.2) is 11.4 Å². The number of halogens is 1. The summed E-state index contributed by atoms with van der Waals surface area (Å²) in [5.41, 5.74) is 2.10. The van der Waals surface area contributed by atoms with E-state index in [1.54, 1.807) is 0 Å². The summed E-state index contributed by atoms with van der Waals surface area (Å²) in [6.07, 6.45) is 0. The fraction of sp³-hybridized carbons (Fsp3) is 0.500. The van der Waals surface area contributed by atoms with Crippen LogP contribution in [0.3, 0.4) is 0 Å². The maximum absolute atomic E-state index is 5.78. The minimum atomic E-state index is 0.700. The summed E-state index contributed by atoms with van der Waals surface area (Å²) in [6.45, 7) is 7.08. The summed E-state index contributed by atoms with van der Waals surface area (Å²) in [4.78, 5) is 4.69. The van der Waals surface area contributed by atoms with E-state index in [4.69, 9.17) is 16.1 Å². The number of piperazine rings is 1. The Morgan fingerprint density at radius 1 is 1.26 bits per heavy atom. The van der Waals surface area contributed by atoms with Gasteiger partial charge in [0.2, 0.25) is 0 Å². The molecule has 1 aliphatic rings. The van der Waals surface area contributed by atoms with Crippen molar-refractivity contribution in [2.45, 2.75) is 6.92 Å². The molecule has 0 spiro atoms. The lowest BCUT2D eigenvalue weighted by Crippen LogP contribution is -2.47. The average Bonchev–Trinajstić information content (AvgIpc) is 2.83. The molecule has 0 saturated carbocycles. The van der Waals surface area contributed by atoms with Crippen LogP contribution in [-0.4, -0.2) is 48.7 Å². The van der Waals surface area contributed by atoms with Crippen molar-refractivity contribution < 1.29 is 4.52 Å². The van der Waals surface area contributed by atoms with Crippen molar-refractivity contribution in [1.82, 2.24) is 10.1 Å². The number of anilines is 1. The van der Waals surface area contributed by atoms with E-state index in [9.17, 15) is 0 Å². The van der Waals surface area contributed by atoms with Crippen molar-refractivity contribution in [3.8, 4) is 0 Å². The summed E-state index contributed by atoms with van der Waals surface area (Å²) in [5.74, 6) is 1.68. The highest BCUT2D eigenvalue weighted by Crippen LogP contribution is 2.27. The summed E-state index contributed by atoms with van der Waals surface area (Å²) in [5, 5.41) is 5.35. The molecule has 19 heavy (non-hydrogen) atoms. The third-order valence-electron chi connectivity index (χ3n) is 3.68. The lowest BCUT2D eigenvalue weighted by molar-refractivity contribution is 0.271. The molecule has 1 aromatic heterocycles. The second-order valence-corrected chi connectivity index (χ2v) is 5.40. The van der Waals surface area contributed by atoms with Crippen LogP contribution in [0.15, 0.2) is 22.7 Å². The smallest absolute Gasteiger partial charge is 0.180 e. The van der Waals surface area contributed by atoms with E-state index in [2.05, 4.69) is 34.0 Å². The van der Waals surface area contributed by atoms with Gasteiger partial charge in [-0.15, -0.1) is 11.6 Å². The highest BCUT2D eigenvalue weighted by atomic mass is 35.5. The summed E-state index contributed by atoms with van der Waals surface area (Å²) < 4.78 is 5.41.